The number of rotatable bonds is 6. The molecule has 0 bridgehead atoms. The van der Waals surface area contributed by atoms with Crippen LogP contribution in [0.4, 0.5) is 11.5 Å². The largest absolute Gasteiger partial charge is 0.401 e. The Balaban J connectivity index is 1.92. The minimum Gasteiger partial charge on any atom is -0.401 e. The Morgan fingerprint density at radius 3 is 2.64 bits per heavy atom. The van der Waals surface area contributed by atoms with Gasteiger partial charge in [-0.3, -0.25) is 4.79 Å². The molecule has 0 fully saturated rings. The SMILES string of the molecule is C/C(N)=C(/C#N)C(=O)CSc1nc(Nc2ccccc2Cl)c2ccccc2n1. The van der Waals surface area contributed by atoms with Gasteiger partial charge in [0.25, 0.3) is 0 Å². The minimum absolute atomic E-state index is 0.0152. The number of benzene rings is 2. The second-order valence-electron chi connectivity index (χ2n) is 5.86. The van der Waals surface area contributed by atoms with Crippen LogP contribution in [-0.2, 0) is 4.79 Å². The van der Waals surface area contributed by atoms with Gasteiger partial charge in [-0.05, 0) is 31.2 Å². The summed E-state index contributed by atoms with van der Waals surface area (Å²) >= 11 is 7.39. The molecule has 1 aromatic heterocycles. The summed E-state index contributed by atoms with van der Waals surface area (Å²) in [7, 11) is 0. The molecule has 140 valence electrons. The average Bonchev–Trinajstić information content (AvgIpc) is 2.68. The third-order valence-electron chi connectivity index (χ3n) is 3.83. The molecule has 0 amide bonds. The lowest BCUT2D eigenvalue weighted by Crippen LogP contribution is -2.10. The summed E-state index contributed by atoms with van der Waals surface area (Å²) in [5, 5.41) is 14.1. The first-order valence-corrected chi connectivity index (χ1v) is 9.66. The van der Waals surface area contributed by atoms with Crippen molar-refractivity contribution in [2.24, 2.45) is 5.73 Å². The molecule has 0 aliphatic heterocycles. The lowest BCUT2D eigenvalue weighted by molar-refractivity contribution is -0.112. The summed E-state index contributed by atoms with van der Waals surface area (Å²) in [4.78, 5) is 21.2. The summed E-state index contributed by atoms with van der Waals surface area (Å²) in [5.41, 5.74) is 7.20. The van der Waals surface area contributed by atoms with E-state index in [-0.39, 0.29) is 22.8 Å². The predicted octanol–water partition coefficient (Wildman–Crippen LogP) is 4.44. The molecule has 6 nitrogen and oxygen atoms in total. The molecule has 8 heteroatoms. The molecule has 28 heavy (non-hydrogen) atoms. The maximum atomic E-state index is 12.2. The van der Waals surface area contributed by atoms with Crippen molar-refractivity contribution in [2.75, 3.05) is 11.1 Å². The number of carbonyl (C=O) groups is 1. The zero-order valence-electron chi connectivity index (χ0n) is 14.9. The highest BCUT2D eigenvalue weighted by atomic mass is 35.5. The topological polar surface area (TPSA) is 105 Å². The van der Waals surface area contributed by atoms with E-state index in [2.05, 4.69) is 15.3 Å². The van der Waals surface area contributed by atoms with Crippen molar-refractivity contribution in [3.8, 4) is 6.07 Å². The van der Waals surface area contributed by atoms with Crippen LogP contribution in [0, 0.1) is 11.3 Å². The molecule has 3 aromatic rings. The Kier molecular flexibility index (Phi) is 6.14. The predicted molar refractivity (Wildman–Crippen MR) is 113 cm³/mol. The van der Waals surface area contributed by atoms with Crippen LogP contribution in [0.1, 0.15) is 6.92 Å². The Morgan fingerprint density at radius 1 is 1.21 bits per heavy atom. The molecule has 0 aliphatic carbocycles. The Bertz CT molecular complexity index is 1120. The molecule has 3 N–H and O–H groups in total. The van der Waals surface area contributed by atoms with Crippen LogP contribution in [0.3, 0.4) is 0 Å². The highest BCUT2D eigenvalue weighted by molar-refractivity contribution is 7.99. The molecular formula is C20H16ClN5OS. The van der Waals surface area contributed by atoms with Crippen LogP contribution in [-0.4, -0.2) is 21.5 Å². The summed E-state index contributed by atoms with van der Waals surface area (Å²) in [5.74, 6) is 0.242. The first-order chi connectivity index (χ1) is 13.5. The number of para-hydroxylation sites is 2. The number of ketones is 1. The van der Waals surface area contributed by atoms with Crippen molar-refractivity contribution in [1.82, 2.24) is 9.97 Å². The first kappa shape index (κ1) is 19.7. The number of nitrogens with zero attached hydrogens (tertiary/aromatic N) is 3. The number of thioether (sulfide) groups is 1. The van der Waals surface area contributed by atoms with Crippen LogP contribution in [0.2, 0.25) is 5.02 Å². The number of nitrogens with two attached hydrogens (primary N) is 1. The highest BCUT2D eigenvalue weighted by Crippen LogP contribution is 2.30. The summed E-state index contributed by atoms with van der Waals surface area (Å²) < 4.78 is 0. The average molecular weight is 410 g/mol. The van der Waals surface area contributed by atoms with Crippen LogP contribution in [0.5, 0.6) is 0 Å². The normalized spacial score (nSPS) is 11.6. The van der Waals surface area contributed by atoms with E-state index in [4.69, 9.17) is 22.6 Å². The lowest BCUT2D eigenvalue weighted by atomic mass is 10.2. The second kappa shape index (κ2) is 8.74. The number of nitriles is 1. The van der Waals surface area contributed by atoms with Crippen LogP contribution in [0.25, 0.3) is 10.9 Å². The number of carbonyl (C=O) groups excluding carboxylic acids is 1. The van der Waals surface area contributed by atoms with E-state index in [0.29, 0.717) is 21.7 Å². The highest BCUT2D eigenvalue weighted by Gasteiger charge is 2.15. The van der Waals surface area contributed by atoms with Gasteiger partial charge in [-0.15, -0.1) is 0 Å². The minimum atomic E-state index is -0.357. The molecule has 0 unspecified atom stereocenters. The van der Waals surface area contributed by atoms with Gasteiger partial charge in [0.15, 0.2) is 10.9 Å². The lowest BCUT2D eigenvalue weighted by Gasteiger charge is -2.11. The molecule has 0 atom stereocenters. The molecule has 0 spiro atoms. The van der Waals surface area contributed by atoms with Crippen LogP contribution >= 0.6 is 23.4 Å². The van der Waals surface area contributed by atoms with Crippen molar-refractivity contribution < 1.29 is 4.79 Å². The molecule has 0 aliphatic rings. The van der Waals surface area contributed by atoms with E-state index in [1.807, 2.05) is 48.5 Å². The van der Waals surface area contributed by atoms with Gasteiger partial charge < -0.3 is 11.1 Å². The summed E-state index contributed by atoms with van der Waals surface area (Å²) in [6, 6.07) is 16.7. The fourth-order valence-corrected chi connectivity index (χ4v) is 3.38. The van der Waals surface area contributed by atoms with E-state index < -0.39 is 0 Å². The number of halogens is 1. The maximum absolute atomic E-state index is 12.2. The Labute approximate surface area is 171 Å². The summed E-state index contributed by atoms with van der Waals surface area (Å²) in [6.07, 6.45) is 0. The van der Waals surface area contributed by atoms with Crippen molar-refractivity contribution in [3.63, 3.8) is 0 Å². The number of hydrogen-bond donors (Lipinski definition) is 2. The fraction of sp³-hybridized carbons (Fsp3) is 0.100. The molecule has 0 saturated carbocycles. The Hall–Kier alpha value is -3.08. The molecule has 0 saturated heterocycles. The number of hydrogen-bond acceptors (Lipinski definition) is 7. The van der Waals surface area contributed by atoms with E-state index in [1.54, 1.807) is 6.07 Å². The third-order valence-corrected chi connectivity index (χ3v) is 5.00. The number of allylic oxidation sites excluding steroid dienone is 2. The van der Waals surface area contributed by atoms with Crippen LogP contribution < -0.4 is 11.1 Å². The third kappa shape index (κ3) is 4.42. The van der Waals surface area contributed by atoms with Gasteiger partial charge >= 0.3 is 0 Å². The van der Waals surface area contributed by atoms with Gasteiger partial charge in [-0.25, -0.2) is 9.97 Å². The number of fused-ring (bicyclic) bond motifs is 1. The number of nitrogens with one attached hydrogen (secondary N) is 1. The smallest absolute Gasteiger partial charge is 0.190 e. The standard InChI is InChI=1S/C20H16ClN5OS/c1-12(23)14(10-22)18(27)11-28-20-25-16-8-4-2-6-13(16)19(26-20)24-17-9-5-3-7-15(17)21/h2-9H,11,23H2,1H3,(H,24,25,26)/b14-12+. The second-order valence-corrected chi connectivity index (χ2v) is 7.21. The van der Waals surface area contributed by atoms with Gasteiger partial charge in [-0.2, -0.15) is 5.26 Å². The van der Waals surface area contributed by atoms with Crippen molar-refractivity contribution in [3.05, 3.63) is 64.8 Å². The van der Waals surface area contributed by atoms with E-state index >= 15 is 0 Å². The van der Waals surface area contributed by atoms with Gasteiger partial charge in [0.2, 0.25) is 0 Å². The van der Waals surface area contributed by atoms with Crippen LogP contribution in [0.15, 0.2) is 65.0 Å². The van der Waals surface area contributed by atoms with E-state index in [0.717, 1.165) is 22.7 Å². The maximum Gasteiger partial charge on any atom is 0.190 e. The number of Topliss-reactive ketones (excluding diaryl/α,β-unsaturated/α-hetero) is 1. The van der Waals surface area contributed by atoms with Gasteiger partial charge in [0.05, 0.1) is 22.0 Å². The Morgan fingerprint density at radius 2 is 1.93 bits per heavy atom. The van der Waals surface area contributed by atoms with Gasteiger partial charge in [0.1, 0.15) is 17.5 Å². The quantitative estimate of drug-likeness (QED) is 0.268. The van der Waals surface area contributed by atoms with E-state index in [9.17, 15) is 4.79 Å². The fourth-order valence-electron chi connectivity index (χ4n) is 2.48. The van der Waals surface area contributed by atoms with Crippen molar-refractivity contribution >= 4 is 51.6 Å². The molecule has 3 rings (SSSR count). The van der Waals surface area contributed by atoms with E-state index in [1.165, 1.54) is 6.92 Å². The zero-order chi connectivity index (χ0) is 20.1. The molecular weight excluding hydrogens is 394 g/mol. The zero-order valence-corrected chi connectivity index (χ0v) is 16.5. The first-order valence-electron chi connectivity index (χ1n) is 8.30. The molecule has 2 aromatic carbocycles. The number of aromatic nitrogens is 2. The number of anilines is 2. The molecule has 1 heterocycles. The summed E-state index contributed by atoms with van der Waals surface area (Å²) in [6.45, 7) is 1.53. The monoisotopic (exact) mass is 409 g/mol. The van der Waals surface area contributed by atoms with Gasteiger partial charge in [-0.1, -0.05) is 47.6 Å². The molecule has 0 radical (unpaired) electrons. The van der Waals surface area contributed by atoms with Gasteiger partial charge in [0, 0.05) is 11.1 Å². The van der Waals surface area contributed by atoms with Crippen molar-refractivity contribution in [2.45, 2.75) is 12.1 Å². The van der Waals surface area contributed by atoms with Crippen molar-refractivity contribution in [1.29, 1.82) is 5.26 Å².